The Balaban J connectivity index is 2.89. The summed E-state index contributed by atoms with van der Waals surface area (Å²) in [6.07, 6.45) is 3.96. The van der Waals surface area contributed by atoms with Crippen molar-refractivity contribution >= 4 is 5.82 Å². The van der Waals surface area contributed by atoms with Gasteiger partial charge in [0.2, 0.25) is 0 Å². The molecule has 0 radical (unpaired) electrons. The zero-order valence-corrected chi connectivity index (χ0v) is 11.7. The van der Waals surface area contributed by atoms with Gasteiger partial charge in [0.15, 0.2) is 0 Å². The van der Waals surface area contributed by atoms with Gasteiger partial charge in [0.25, 0.3) is 0 Å². The SMILES string of the molecule is CCC(C)N(C)c1ncc(CC(C)N)cc1C. The molecule has 0 aliphatic carbocycles. The van der Waals surface area contributed by atoms with Crippen LogP contribution in [-0.2, 0) is 6.42 Å². The lowest BCUT2D eigenvalue weighted by molar-refractivity contribution is 0.654. The van der Waals surface area contributed by atoms with Crippen LogP contribution in [0.5, 0.6) is 0 Å². The summed E-state index contributed by atoms with van der Waals surface area (Å²) >= 11 is 0. The minimum absolute atomic E-state index is 0.189. The number of hydrogen-bond donors (Lipinski definition) is 1. The maximum atomic E-state index is 5.80. The first kappa shape index (κ1) is 14.0. The summed E-state index contributed by atoms with van der Waals surface area (Å²) in [6, 6.07) is 2.90. The molecule has 17 heavy (non-hydrogen) atoms. The van der Waals surface area contributed by atoms with Gasteiger partial charge in [0.05, 0.1) is 0 Å². The Morgan fingerprint density at radius 3 is 2.53 bits per heavy atom. The summed E-state index contributed by atoms with van der Waals surface area (Å²) in [7, 11) is 2.11. The standard InChI is InChI=1S/C14H25N3/c1-6-12(4)17(5)14-10(2)7-13(9-16-14)8-11(3)15/h7,9,11-12H,6,8,15H2,1-5H3. The summed E-state index contributed by atoms with van der Waals surface area (Å²) < 4.78 is 0. The van der Waals surface area contributed by atoms with Gasteiger partial charge in [-0.3, -0.25) is 0 Å². The number of aryl methyl sites for hydroxylation is 1. The van der Waals surface area contributed by atoms with E-state index in [4.69, 9.17) is 5.73 Å². The van der Waals surface area contributed by atoms with Crippen molar-refractivity contribution < 1.29 is 0 Å². The average Bonchev–Trinajstić information content (AvgIpc) is 2.26. The highest BCUT2D eigenvalue weighted by molar-refractivity contribution is 5.47. The van der Waals surface area contributed by atoms with Crippen LogP contribution in [0.4, 0.5) is 5.82 Å². The Morgan fingerprint density at radius 1 is 1.41 bits per heavy atom. The van der Waals surface area contributed by atoms with E-state index in [-0.39, 0.29) is 6.04 Å². The summed E-state index contributed by atoms with van der Waals surface area (Å²) in [4.78, 5) is 6.81. The van der Waals surface area contributed by atoms with Crippen LogP contribution >= 0.6 is 0 Å². The van der Waals surface area contributed by atoms with E-state index in [2.05, 4.69) is 43.8 Å². The summed E-state index contributed by atoms with van der Waals surface area (Å²) in [5.41, 5.74) is 8.25. The highest BCUT2D eigenvalue weighted by Gasteiger charge is 2.12. The fourth-order valence-corrected chi connectivity index (χ4v) is 1.96. The summed E-state index contributed by atoms with van der Waals surface area (Å²) in [5, 5.41) is 0. The van der Waals surface area contributed by atoms with Crippen LogP contribution in [0, 0.1) is 6.92 Å². The van der Waals surface area contributed by atoms with Crippen LogP contribution < -0.4 is 10.6 Å². The van der Waals surface area contributed by atoms with Gasteiger partial charge in [-0.15, -0.1) is 0 Å². The van der Waals surface area contributed by atoms with Crippen LogP contribution in [-0.4, -0.2) is 24.1 Å². The van der Waals surface area contributed by atoms with Crippen LogP contribution in [0.25, 0.3) is 0 Å². The monoisotopic (exact) mass is 235 g/mol. The van der Waals surface area contributed by atoms with Crippen LogP contribution in [0.2, 0.25) is 0 Å². The molecule has 96 valence electrons. The second-order valence-electron chi connectivity index (χ2n) is 5.03. The van der Waals surface area contributed by atoms with Crippen molar-refractivity contribution in [3.63, 3.8) is 0 Å². The minimum Gasteiger partial charge on any atom is -0.357 e. The Bertz CT molecular complexity index is 360. The molecule has 3 nitrogen and oxygen atoms in total. The van der Waals surface area contributed by atoms with E-state index < -0.39 is 0 Å². The molecular formula is C14H25N3. The molecule has 1 aromatic rings. The zero-order chi connectivity index (χ0) is 13.0. The van der Waals surface area contributed by atoms with Crippen molar-refractivity contribution in [2.75, 3.05) is 11.9 Å². The summed E-state index contributed by atoms with van der Waals surface area (Å²) in [5.74, 6) is 1.08. The molecule has 0 saturated heterocycles. The average molecular weight is 235 g/mol. The third-order valence-corrected chi connectivity index (χ3v) is 3.25. The third kappa shape index (κ3) is 3.70. The molecule has 1 rings (SSSR count). The van der Waals surface area contributed by atoms with E-state index in [0.29, 0.717) is 6.04 Å². The molecule has 0 saturated carbocycles. The van der Waals surface area contributed by atoms with Crippen molar-refractivity contribution in [1.29, 1.82) is 0 Å². The third-order valence-electron chi connectivity index (χ3n) is 3.25. The molecule has 0 amide bonds. The highest BCUT2D eigenvalue weighted by atomic mass is 15.2. The van der Waals surface area contributed by atoms with Gasteiger partial charge in [0, 0.05) is 25.3 Å². The molecule has 0 aliphatic heterocycles. The molecule has 0 aliphatic rings. The van der Waals surface area contributed by atoms with Crippen LogP contribution in [0.15, 0.2) is 12.3 Å². The number of nitrogens with two attached hydrogens (primary N) is 1. The first-order chi connectivity index (χ1) is 7.95. The highest BCUT2D eigenvalue weighted by Crippen LogP contribution is 2.20. The molecule has 1 aromatic heterocycles. The lowest BCUT2D eigenvalue weighted by Gasteiger charge is -2.26. The van der Waals surface area contributed by atoms with E-state index >= 15 is 0 Å². The van der Waals surface area contributed by atoms with Gasteiger partial charge >= 0.3 is 0 Å². The van der Waals surface area contributed by atoms with Gasteiger partial charge < -0.3 is 10.6 Å². The number of anilines is 1. The van der Waals surface area contributed by atoms with Gasteiger partial charge in [0.1, 0.15) is 5.82 Å². The number of aromatic nitrogens is 1. The lowest BCUT2D eigenvalue weighted by atomic mass is 10.1. The Hall–Kier alpha value is -1.09. The lowest BCUT2D eigenvalue weighted by Crippen LogP contribution is -2.29. The predicted octanol–water partition coefficient (Wildman–Crippen LogP) is 2.51. The Kier molecular flexibility index (Phi) is 4.94. The fraction of sp³-hybridized carbons (Fsp3) is 0.643. The van der Waals surface area contributed by atoms with E-state index in [1.54, 1.807) is 0 Å². The normalized spacial score (nSPS) is 14.5. The van der Waals surface area contributed by atoms with E-state index in [0.717, 1.165) is 18.7 Å². The van der Waals surface area contributed by atoms with Crippen molar-refractivity contribution in [1.82, 2.24) is 4.98 Å². The van der Waals surface area contributed by atoms with Crippen LogP contribution in [0.1, 0.15) is 38.3 Å². The largest absolute Gasteiger partial charge is 0.357 e. The Labute approximate surface area is 105 Å². The first-order valence-electron chi connectivity index (χ1n) is 6.39. The Morgan fingerprint density at radius 2 is 2.06 bits per heavy atom. The van der Waals surface area contributed by atoms with E-state index in [1.807, 2.05) is 13.1 Å². The number of rotatable bonds is 5. The van der Waals surface area contributed by atoms with Crippen molar-refractivity contribution in [2.45, 2.75) is 52.6 Å². The number of pyridine rings is 1. The van der Waals surface area contributed by atoms with E-state index in [1.165, 1.54) is 11.1 Å². The smallest absolute Gasteiger partial charge is 0.131 e. The van der Waals surface area contributed by atoms with Crippen molar-refractivity contribution in [2.24, 2.45) is 5.73 Å². The van der Waals surface area contributed by atoms with E-state index in [9.17, 15) is 0 Å². The predicted molar refractivity (Wildman–Crippen MR) is 74.5 cm³/mol. The molecule has 0 spiro atoms. The molecule has 0 bridgehead atoms. The minimum atomic E-state index is 0.189. The molecule has 0 fully saturated rings. The molecule has 2 atom stereocenters. The quantitative estimate of drug-likeness (QED) is 0.852. The molecule has 2 N–H and O–H groups in total. The van der Waals surface area contributed by atoms with Crippen molar-refractivity contribution in [3.8, 4) is 0 Å². The summed E-state index contributed by atoms with van der Waals surface area (Å²) in [6.45, 7) is 8.55. The number of hydrogen-bond acceptors (Lipinski definition) is 3. The molecule has 3 heteroatoms. The molecular weight excluding hydrogens is 210 g/mol. The van der Waals surface area contributed by atoms with Gasteiger partial charge in [-0.25, -0.2) is 4.98 Å². The number of nitrogens with zero attached hydrogens (tertiary/aromatic N) is 2. The van der Waals surface area contributed by atoms with Crippen LogP contribution in [0.3, 0.4) is 0 Å². The van der Waals surface area contributed by atoms with Gasteiger partial charge in [-0.2, -0.15) is 0 Å². The topological polar surface area (TPSA) is 42.2 Å². The molecule has 1 heterocycles. The second kappa shape index (κ2) is 6.01. The van der Waals surface area contributed by atoms with Gasteiger partial charge in [-0.1, -0.05) is 13.0 Å². The maximum absolute atomic E-state index is 5.80. The van der Waals surface area contributed by atoms with Gasteiger partial charge in [-0.05, 0) is 44.7 Å². The zero-order valence-electron chi connectivity index (χ0n) is 11.7. The van der Waals surface area contributed by atoms with Crippen molar-refractivity contribution in [3.05, 3.63) is 23.4 Å². The fourth-order valence-electron chi connectivity index (χ4n) is 1.96. The second-order valence-corrected chi connectivity index (χ2v) is 5.03. The first-order valence-corrected chi connectivity index (χ1v) is 6.39. The maximum Gasteiger partial charge on any atom is 0.131 e. The molecule has 2 unspecified atom stereocenters. The molecule has 0 aromatic carbocycles.